The van der Waals surface area contributed by atoms with E-state index in [1.165, 1.54) is 58.3 Å². The van der Waals surface area contributed by atoms with E-state index in [2.05, 4.69) is 0 Å². The van der Waals surface area contributed by atoms with Crippen LogP contribution < -0.4 is 0 Å². The summed E-state index contributed by atoms with van der Waals surface area (Å²) in [5.74, 6) is -1.97. The number of hydrogen-bond acceptors (Lipinski definition) is 9. The molecule has 0 spiro atoms. The molecule has 3 heterocycles. The Morgan fingerprint density at radius 1 is 0.558 bits per heavy atom. The highest BCUT2D eigenvalue weighted by Gasteiger charge is 2.21. The van der Waals surface area contributed by atoms with Gasteiger partial charge in [-0.15, -0.1) is 34.0 Å². The average molecular weight is 673 g/mol. The van der Waals surface area contributed by atoms with Crippen molar-refractivity contribution in [3.63, 3.8) is 0 Å². The molecular weight excluding hydrogens is 649 g/mol. The third-order valence-electron chi connectivity index (χ3n) is 6.49. The predicted octanol–water partition coefficient (Wildman–Crippen LogP) is 6.60. The zero-order chi connectivity index (χ0) is 31.1. The van der Waals surface area contributed by atoms with Crippen LogP contribution in [0.5, 0.6) is 0 Å². The van der Waals surface area contributed by atoms with E-state index in [0.29, 0.717) is 11.1 Å². The molecule has 0 radical (unpaired) electrons. The van der Waals surface area contributed by atoms with Gasteiger partial charge in [0.25, 0.3) is 0 Å². The minimum absolute atomic E-state index is 0.195. The van der Waals surface area contributed by atoms with Crippen LogP contribution in [0.3, 0.4) is 0 Å². The molecule has 0 amide bonds. The van der Waals surface area contributed by atoms with Gasteiger partial charge in [0.1, 0.15) is 0 Å². The fourth-order valence-electron chi connectivity index (χ4n) is 4.46. The fourth-order valence-corrected chi connectivity index (χ4v) is 9.39. The van der Waals surface area contributed by atoms with E-state index in [1.807, 2.05) is 24.3 Å². The van der Waals surface area contributed by atoms with Crippen molar-refractivity contribution in [2.45, 2.75) is 22.6 Å². The Bertz CT molecular complexity index is 1910. The lowest BCUT2D eigenvalue weighted by Crippen LogP contribution is -1.99. The van der Waals surface area contributed by atoms with Crippen LogP contribution in [-0.4, -0.2) is 51.5 Å². The molecule has 0 atom stereocenters. The monoisotopic (exact) mass is 672 g/mol. The number of sulfone groups is 2. The van der Waals surface area contributed by atoms with Crippen LogP contribution >= 0.6 is 34.0 Å². The van der Waals surface area contributed by atoms with Gasteiger partial charge in [-0.3, -0.25) is 9.59 Å². The van der Waals surface area contributed by atoms with E-state index in [0.717, 1.165) is 52.9 Å². The summed E-state index contributed by atoms with van der Waals surface area (Å²) in [5.41, 5.74) is 2.77. The standard InChI is InChI=1S/C30H24O8S5/c1-42(35,36)21-7-3-17(4-8-21)25-13-19(15-27(31)32)29(40-25)23-11-12-24(39-23)30-20(16-28(33)34)14-26(41-30)18-5-9-22(10-6-18)43(2,37)38/h3-14H,15-16H2,1-2H3,(H,31,32)(H,33,34). The van der Waals surface area contributed by atoms with Gasteiger partial charge in [-0.2, -0.15) is 0 Å². The van der Waals surface area contributed by atoms with Crippen LogP contribution in [-0.2, 0) is 42.1 Å². The Labute approximate surface area is 260 Å². The summed E-state index contributed by atoms with van der Waals surface area (Å²) in [5, 5.41) is 19.1. The molecule has 0 unspecified atom stereocenters. The van der Waals surface area contributed by atoms with E-state index in [9.17, 15) is 36.6 Å². The lowest BCUT2D eigenvalue weighted by atomic mass is 10.1. The van der Waals surface area contributed by atoms with Gasteiger partial charge < -0.3 is 10.2 Å². The van der Waals surface area contributed by atoms with Gasteiger partial charge in [0.2, 0.25) is 0 Å². The molecule has 8 nitrogen and oxygen atoms in total. The van der Waals surface area contributed by atoms with Crippen molar-refractivity contribution in [3.8, 4) is 40.4 Å². The van der Waals surface area contributed by atoms with E-state index >= 15 is 0 Å². The largest absolute Gasteiger partial charge is 0.481 e. The van der Waals surface area contributed by atoms with Crippen molar-refractivity contribution in [1.82, 2.24) is 0 Å². The van der Waals surface area contributed by atoms with Crippen LogP contribution in [0.2, 0.25) is 0 Å². The molecule has 0 saturated carbocycles. The lowest BCUT2D eigenvalue weighted by Gasteiger charge is -2.01. The van der Waals surface area contributed by atoms with Crippen LogP contribution in [0.25, 0.3) is 40.4 Å². The second-order valence-electron chi connectivity index (χ2n) is 9.83. The van der Waals surface area contributed by atoms with E-state index in [4.69, 9.17) is 0 Å². The van der Waals surface area contributed by atoms with Crippen molar-refractivity contribution >= 4 is 65.6 Å². The molecule has 222 valence electrons. The zero-order valence-electron chi connectivity index (χ0n) is 22.7. The molecule has 0 aliphatic rings. The molecule has 0 saturated heterocycles. The highest BCUT2D eigenvalue weighted by atomic mass is 32.2. The summed E-state index contributed by atoms with van der Waals surface area (Å²) in [4.78, 5) is 28.6. The van der Waals surface area contributed by atoms with Crippen molar-refractivity contribution in [2.24, 2.45) is 0 Å². The van der Waals surface area contributed by atoms with Gasteiger partial charge in [0.05, 0.1) is 22.6 Å². The van der Waals surface area contributed by atoms with Crippen molar-refractivity contribution < 1.29 is 36.6 Å². The summed E-state index contributed by atoms with van der Waals surface area (Å²) in [6.45, 7) is 0. The maximum Gasteiger partial charge on any atom is 0.307 e. The second-order valence-corrected chi connectivity index (χ2v) is 17.0. The highest BCUT2D eigenvalue weighted by Crippen LogP contribution is 2.46. The minimum Gasteiger partial charge on any atom is -0.481 e. The number of carbonyl (C=O) groups is 2. The molecule has 2 N–H and O–H groups in total. The second kappa shape index (κ2) is 11.8. The van der Waals surface area contributed by atoms with Crippen LogP contribution in [0.15, 0.2) is 82.6 Å². The Morgan fingerprint density at radius 3 is 1.21 bits per heavy atom. The van der Waals surface area contributed by atoms with Crippen LogP contribution in [0.4, 0.5) is 0 Å². The number of hydrogen-bond donors (Lipinski definition) is 2. The maximum absolute atomic E-state index is 11.9. The molecule has 0 bridgehead atoms. The Kier molecular flexibility index (Phi) is 8.47. The first-order chi connectivity index (χ1) is 20.2. The molecule has 5 aromatic rings. The van der Waals surface area contributed by atoms with E-state index in [-0.39, 0.29) is 22.6 Å². The van der Waals surface area contributed by atoms with Gasteiger partial charge in [-0.25, -0.2) is 16.8 Å². The summed E-state index contributed by atoms with van der Waals surface area (Å²) in [7, 11) is -6.71. The fraction of sp³-hybridized carbons (Fsp3) is 0.133. The molecule has 5 rings (SSSR count). The molecule has 0 fully saturated rings. The molecule has 0 aliphatic carbocycles. The predicted molar refractivity (Wildman–Crippen MR) is 171 cm³/mol. The molecule has 2 aromatic carbocycles. The summed E-state index contributed by atoms with van der Waals surface area (Å²) >= 11 is 4.24. The van der Waals surface area contributed by atoms with E-state index < -0.39 is 31.6 Å². The first-order valence-corrected chi connectivity index (χ1v) is 18.8. The number of rotatable bonds is 10. The van der Waals surface area contributed by atoms with Gasteiger partial charge in [-0.1, -0.05) is 24.3 Å². The van der Waals surface area contributed by atoms with Crippen molar-refractivity contribution in [3.05, 3.63) is 83.9 Å². The zero-order valence-corrected chi connectivity index (χ0v) is 26.8. The Hall–Kier alpha value is -3.62. The Morgan fingerprint density at radius 2 is 0.907 bits per heavy atom. The Balaban J connectivity index is 1.54. The highest BCUT2D eigenvalue weighted by molar-refractivity contribution is 7.91. The molecule has 43 heavy (non-hydrogen) atoms. The van der Waals surface area contributed by atoms with Crippen molar-refractivity contribution in [1.29, 1.82) is 0 Å². The molecular formula is C30H24O8S5. The third kappa shape index (κ3) is 6.97. The maximum atomic E-state index is 11.9. The first-order valence-electron chi connectivity index (χ1n) is 12.6. The summed E-state index contributed by atoms with van der Waals surface area (Å²) in [6, 6.07) is 20.3. The molecule has 0 aliphatic heterocycles. The summed E-state index contributed by atoms with van der Waals surface area (Å²) < 4.78 is 47.5. The number of benzene rings is 2. The first kappa shape index (κ1) is 30.8. The molecule has 13 heteroatoms. The van der Waals surface area contributed by atoms with Crippen LogP contribution in [0.1, 0.15) is 11.1 Å². The van der Waals surface area contributed by atoms with Gasteiger partial charge in [0.15, 0.2) is 19.7 Å². The van der Waals surface area contributed by atoms with Gasteiger partial charge in [0, 0.05) is 41.8 Å². The minimum atomic E-state index is -3.36. The average Bonchev–Trinajstić information content (AvgIpc) is 3.66. The quantitative estimate of drug-likeness (QED) is 0.169. The topological polar surface area (TPSA) is 143 Å². The number of aliphatic carboxylic acids is 2. The number of carboxylic acids is 2. The lowest BCUT2D eigenvalue weighted by molar-refractivity contribution is -0.137. The van der Waals surface area contributed by atoms with E-state index in [1.54, 1.807) is 24.3 Å². The summed E-state index contributed by atoms with van der Waals surface area (Å²) in [6.07, 6.45) is 1.88. The smallest absolute Gasteiger partial charge is 0.307 e. The third-order valence-corrected chi connectivity index (χ3v) is 12.6. The van der Waals surface area contributed by atoms with Crippen LogP contribution in [0, 0.1) is 0 Å². The number of carboxylic acid groups (broad SMARTS) is 2. The SMILES string of the molecule is CS(=O)(=O)c1ccc(-c2cc(CC(=O)O)c(-c3ccc(-c4sc(-c5ccc(S(C)(=O)=O)cc5)cc4CC(=O)O)s3)s2)cc1. The normalized spacial score (nSPS) is 12.0. The van der Waals surface area contributed by atoms with Gasteiger partial charge >= 0.3 is 11.9 Å². The van der Waals surface area contributed by atoms with Crippen molar-refractivity contribution in [2.75, 3.05) is 12.5 Å². The molecule has 3 aromatic heterocycles. The van der Waals surface area contributed by atoms with Gasteiger partial charge in [-0.05, 0) is 70.8 Å². The number of thiophene rings is 3.